The zero-order chi connectivity index (χ0) is 10.2. The number of hydrogen-bond acceptors (Lipinski definition) is 2. The van der Waals surface area contributed by atoms with Crippen molar-refractivity contribution in [2.75, 3.05) is 13.1 Å². The molecular weight excluding hydrogens is 176 g/mol. The van der Waals surface area contributed by atoms with Gasteiger partial charge in [0.15, 0.2) is 0 Å². The molecule has 0 spiro atoms. The number of hydrogen-bond donors (Lipinski definition) is 2. The minimum absolute atomic E-state index is 0.175. The van der Waals surface area contributed by atoms with Gasteiger partial charge in [-0.25, -0.2) is 0 Å². The first-order valence-corrected chi connectivity index (χ1v) is 5.44. The molecule has 1 aliphatic rings. The molecule has 80 valence electrons. The van der Waals surface area contributed by atoms with Crippen molar-refractivity contribution in [3.8, 4) is 0 Å². The predicted molar refractivity (Wildman–Crippen MR) is 58.1 cm³/mol. The third-order valence-corrected chi connectivity index (χ3v) is 2.50. The molecule has 1 rings (SSSR count). The number of carbonyl (C=O) groups is 1. The summed E-state index contributed by atoms with van der Waals surface area (Å²) in [7, 11) is 0. The van der Waals surface area contributed by atoms with Gasteiger partial charge in [0.25, 0.3) is 0 Å². The summed E-state index contributed by atoms with van der Waals surface area (Å²) in [6.07, 6.45) is 7.39. The van der Waals surface area contributed by atoms with E-state index in [-0.39, 0.29) is 5.91 Å². The lowest BCUT2D eigenvalue weighted by atomic mass is 10.2. The molecule has 1 aliphatic heterocycles. The summed E-state index contributed by atoms with van der Waals surface area (Å²) < 4.78 is 0. The van der Waals surface area contributed by atoms with E-state index < -0.39 is 0 Å². The van der Waals surface area contributed by atoms with Gasteiger partial charge in [0, 0.05) is 19.0 Å². The third-order valence-electron chi connectivity index (χ3n) is 2.50. The lowest BCUT2D eigenvalue weighted by molar-refractivity contribution is -0.119. The van der Waals surface area contributed by atoms with Crippen molar-refractivity contribution in [2.24, 2.45) is 0 Å². The molecule has 1 unspecified atom stereocenters. The molecule has 1 atom stereocenters. The van der Waals surface area contributed by atoms with Crippen molar-refractivity contribution in [3.63, 3.8) is 0 Å². The summed E-state index contributed by atoms with van der Waals surface area (Å²) in [5.74, 6) is 0.175. The first kappa shape index (κ1) is 11.2. The van der Waals surface area contributed by atoms with Gasteiger partial charge in [0.05, 0.1) is 0 Å². The molecule has 2 N–H and O–H groups in total. The smallest absolute Gasteiger partial charge is 0.221 e. The van der Waals surface area contributed by atoms with E-state index in [2.05, 4.69) is 17.2 Å². The number of allylic oxidation sites excluding steroid dienone is 1. The maximum absolute atomic E-state index is 10.9. The Labute approximate surface area is 86.0 Å². The highest BCUT2D eigenvalue weighted by Crippen LogP contribution is 2.02. The van der Waals surface area contributed by atoms with Crippen molar-refractivity contribution >= 4 is 5.91 Å². The number of rotatable bonds is 7. The summed E-state index contributed by atoms with van der Waals surface area (Å²) in [6, 6.07) is 0.363. The van der Waals surface area contributed by atoms with E-state index in [4.69, 9.17) is 0 Å². The first-order chi connectivity index (χ1) is 6.83. The van der Waals surface area contributed by atoms with Crippen LogP contribution in [0.5, 0.6) is 0 Å². The van der Waals surface area contributed by atoms with E-state index in [1.807, 2.05) is 6.08 Å². The van der Waals surface area contributed by atoms with Crippen molar-refractivity contribution in [1.82, 2.24) is 10.6 Å². The van der Waals surface area contributed by atoms with Crippen LogP contribution in [0.4, 0.5) is 0 Å². The van der Waals surface area contributed by atoms with E-state index in [1.165, 1.54) is 19.3 Å². The highest BCUT2D eigenvalue weighted by atomic mass is 16.1. The Morgan fingerprint density at radius 1 is 1.50 bits per heavy atom. The molecule has 1 saturated heterocycles. The van der Waals surface area contributed by atoms with E-state index in [0.717, 1.165) is 19.5 Å². The zero-order valence-corrected chi connectivity index (χ0v) is 8.72. The summed E-state index contributed by atoms with van der Waals surface area (Å²) in [5.41, 5.74) is 0. The molecule has 0 aromatic rings. The van der Waals surface area contributed by atoms with E-state index >= 15 is 0 Å². The molecule has 1 fully saturated rings. The van der Waals surface area contributed by atoms with Crippen molar-refractivity contribution < 1.29 is 4.79 Å². The highest BCUT2D eigenvalue weighted by molar-refractivity contribution is 5.78. The van der Waals surface area contributed by atoms with Crippen LogP contribution in [0.3, 0.4) is 0 Å². The summed E-state index contributed by atoms with van der Waals surface area (Å²) in [5, 5.41) is 6.20. The SMILES string of the molecule is C=CCCCCCNC1CNC(=O)C1. The second-order valence-electron chi connectivity index (χ2n) is 3.80. The minimum atomic E-state index is 0.175. The fourth-order valence-electron chi connectivity index (χ4n) is 1.65. The van der Waals surface area contributed by atoms with Gasteiger partial charge in [0.1, 0.15) is 0 Å². The molecular formula is C11H20N2O. The second-order valence-corrected chi connectivity index (χ2v) is 3.80. The quantitative estimate of drug-likeness (QED) is 0.474. The molecule has 3 nitrogen and oxygen atoms in total. The van der Waals surface area contributed by atoms with Gasteiger partial charge in [-0.2, -0.15) is 0 Å². The Kier molecular flexibility index (Phi) is 5.30. The Balaban J connectivity index is 1.89. The highest BCUT2D eigenvalue weighted by Gasteiger charge is 2.19. The number of amides is 1. The average molecular weight is 196 g/mol. The molecule has 0 aromatic heterocycles. The Bertz CT molecular complexity index is 192. The van der Waals surface area contributed by atoms with Gasteiger partial charge in [-0.05, 0) is 25.8 Å². The van der Waals surface area contributed by atoms with E-state index in [1.54, 1.807) is 0 Å². The fourth-order valence-corrected chi connectivity index (χ4v) is 1.65. The van der Waals surface area contributed by atoms with Gasteiger partial charge >= 0.3 is 0 Å². The number of carbonyl (C=O) groups excluding carboxylic acids is 1. The van der Waals surface area contributed by atoms with Gasteiger partial charge in [-0.3, -0.25) is 4.79 Å². The first-order valence-electron chi connectivity index (χ1n) is 5.44. The minimum Gasteiger partial charge on any atom is -0.354 e. The summed E-state index contributed by atoms with van der Waals surface area (Å²) >= 11 is 0. The van der Waals surface area contributed by atoms with Crippen LogP contribution in [0.1, 0.15) is 32.1 Å². The number of unbranched alkanes of at least 4 members (excludes halogenated alkanes) is 3. The van der Waals surface area contributed by atoms with Crippen LogP contribution in [0.15, 0.2) is 12.7 Å². The molecule has 0 aromatic carbocycles. The van der Waals surface area contributed by atoms with Crippen molar-refractivity contribution in [1.29, 1.82) is 0 Å². The largest absolute Gasteiger partial charge is 0.354 e. The maximum atomic E-state index is 10.9. The topological polar surface area (TPSA) is 41.1 Å². The number of nitrogens with one attached hydrogen (secondary N) is 2. The van der Waals surface area contributed by atoms with Crippen LogP contribution in [0.25, 0.3) is 0 Å². The molecule has 0 radical (unpaired) electrons. The van der Waals surface area contributed by atoms with Gasteiger partial charge in [-0.15, -0.1) is 6.58 Å². The summed E-state index contributed by atoms with van der Waals surface area (Å²) in [4.78, 5) is 10.9. The molecule has 0 aliphatic carbocycles. The predicted octanol–water partition coefficient (Wildman–Crippen LogP) is 1.21. The third kappa shape index (κ3) is 4.42. The zero-order valence-electron chi connectivity index (χ0n) is 8.72. The molecule has 1 heterocycles. The van der Waals surface area contributed by atoms with Crippen LogP contribution in [-0.2, 0) is 4.79 Å². The maximum Gasteiger partial charge on any atom is 0.221 e. The fraction of sp³-hybridized carbons (Fsp3) is 0.727. The molecule has 3 heteroatoms. The van der Waals surface area contributed by atoms with Gasteiger partial charge < -0.3 is 10.6 Å². The second kappa shape index (κ2) is 6.60. The van der Waals surface area contributed by atoms with Crippen LogP contribution >= 0.6 is 0 Å². The molecule has 14 heavy (non-hydrogen) atoms. The van der Waals surface area contributed by atoms with Gasteiger partial charge in [0.2, 0.25) is 5.91 Å². The van der Waals surface area contributed by atoms with E-state index in [0.29, 0.717) is 12.5 Å². The van der Waals surface area contributed by atoms with Gasteiger partial charge in [-0.1, -0.05) is 12.5 Å². The Morgan fingerprint density at radius 3 is 3.00 bits per heavy atom. The normalized spacial score (nSPS) is 20.9. The van der Waals surface area contributed by atoms with Crippen LogP contribution < -0.4 is 10.6 Å². The lowest BCUT2D eigenvalue weighted by Crippen LogP contribution is -2.31. The van der Waals surface area contributed by atoms with Crippen LogP contribution in [-0.4, -0.2) is 25.0 Å². The molecule has 1 amide bonds. The van der Waals surface area contributed by atoms with Crippen molar-refractivity contribution in [2.45, 2.75) is 38.1 Å². The van der Waals surface area contributed by atoms with Crippen LogP contribution in [0.2, 0.25) is 0 Å². The summed E-state index contributed by atoms with van der Waals surface area (Å²) in [6.45, 7) is 5.51. The average Bonchev–Trinajstić information content (AvgIpc) is 2.58. The Hall–Kier alpha value is -0.830. The lowest BCUT2D eigenvalue weighted by Gasteiger charge is -2.09. The van der Waals surface area contributed by atoms with Crippen LogP contribution in [0, 0.1) is 0 Å². The Morgan fingerprint density at radius 2 is 2.36 bits per heavy atom. The molecule has 0 bridgehead atoms. The monoisotopic (exact) mass is 196 g/mol. The molecule has 0 saturated carbocycles. The standard InChI is InChI=1S/C11H20N2O/c1-2-3-4-5-6-7-12-10-8-11(14)13-9-10/h2,10,12H,1,3-9H2,(H,13,14). The van der Waals surface area contributed by atoms with Crippen molar-refractivity contribution in [3.05, 3.63) is 12.7 Å². The van der Waals surface area contributed by atoms with E-state index in [9.17, 15) is 4.79 Å².